The van der Waals surface area contributed by atoms with Gasteiger partial charge in [-0.1, -0.05) is 25.8 Å². The SMILES string of the molecule is CCC1CCCC(Oc2ccc3c(c2)CCCC3N)C1. The summed E-state index contributed by atoms with van der Waals surface area (Å²) in [5.74, 6) is 1.92. The molecule has 0 heterocycles. The lowest BCUT2D eigenvalue weighted by molar-refractivity contribution is 0.122. The second-order valence-corrected chi connectivity index (χ2v) is 6.54. The number of benzene rings is 1. The van der Waals surface area contributed by atoms with Crippen LogP contribution >= 0.6 is 0 Å². The highest BCUT2D eigenvalue weighted by molar-refractivity contribution is 5.39. The molecule has 0 spiro atoms. The quantitative estimate of drug-likeness (QED) is 0.887. The Morgan fingerprint density at radius 1 is 1.20 bits per heavy atom. The molecule has 1 aromatic rings. The maximum absolute atomic E-state index is 6.25. The molecule has 0 aromatic heterocycles. The summed E-state index contributed by atoms with van der Waals surface area (Å²) in [4.78, 5) is 0. The molecule has 1 saturated carbocycles. The van der Waals surface area contributed by atoms with Crippen molar-refractivity contribution in [2.45, 2.75) is 70.4 Å². The van der Waals surface area contributed by atoms with E-state index in [1.165, 1.54) is 49.7 Å². The molecule has 2 heteroatoms. The summed E-state index contributed by atoms with van der Waals surface area (Å²) in [6.45, 7) is 2.30. The van der Waals surface area contributed by atoms with Gasteiger partial charge in [0, 0.05) is 6.04 Å². The second-order valence-electron chi connectivity index (χ2n) is 6.54. The number of ether oxygens (including phenoxy) is 1. The Kier molecular flexibility index (Phi) is 4.30. The first-order valence-corrected chi connectivity index (χ1v) is 8.31. The van der Waals surface area contributed by atoms with E-state index in [-0.39, 0.29) is 6.04 Å². The second kappa shape index (κ2) is 6.17. The number of rotatable bonds is 3. The summed E-state index contributed by atoms with van der Waals surface area (Å²) in [6.07, 6.45) is 10.3. The predicted octanol–water partition coefficient (Wildman–Crippen LogP) is 4.37. The normalized spacial score (nSPS) is 29.8. The zero-order valence-corrected chi connectivity index (χ0v) is 12.6. The Labute approximate surface area is 122 Å². The third-order valence-electron chi connectivity index (χ3n) is 5.09. The molecule has 2 N–H and O–H groups in total. The maximum Gasteiger partial charge on any atom is 0.120 e. The lowest BCUT2D eigenvalue weighted by atomic mass is 9.85. The first-order valence-electron chi connectivity index (χ1n) is 8.31. The Morgan fingerprint density at radius 3 is 2.95 bits per heavy atom. The van der Waals surface area contributed by atoms with Gasteiger partial charge in [-0.3, -0.25) is 0 Å². The van der Waals surface area contributed by atoms with E-state index >= 15 is 0 Å². The summed E-state index contributed by atoms with van der Waals surface area (Å²) in [5, 5.41) is 0. The molecule has 2 aliphatic carbocycles. The highest BCUT2D eigenvalue weighted by Crippen LogP contribution is 2.33. The van der Waals surface area contributed by atoms with Gasteiger partial charge in [0.15, 0.2) is 0 Å². The standard InChI is InChI=1S/C18H27NO/c1-2-13-5-3-7-15(11-13)20-16-9-10-17-14(12-16)6-4-8-18(17)19/h9-10,12-13,15,18H,2-8,11,19H2,1H3. The lowest BCUT2D eigenvalue weighted by Gasteiger charge is -2.29. The molecule has 3 rings (SSSR count). The van der Waals surface area contributed by atoms with E-state index in [0.29, 0.717) is 6.10 Å². The molecule has 3 unspecified atom stereocenters. The topological polar surface area (TPSA) is 35.2 Å². The highest BCUT2D eigenvalue weighted by atomic mass is 16.5. The van der Waals surface area contributed by atoms with Crippen molar-refractivity contribution in [2.24, 2.45) is 11.7 Å². The zero-order valence-electron chi connectivity index (χ0n) is 12.6. The van der Waals surface area contributed by atoms with Crippen LogP contribution in [0.4, 0.5) is 0 Å². The monoisotopic (exact) mass is 273 g/mol. The molecule has 0 amide bonds. The largest absolute Gasteiger partial charge is 0.490 e. The predicted molar refractivity (Wildman–Crippen MR) is 83.0 cm³/mol. The zero-order chi connectivity index (χ0) is 13.9. The van der Waals surface area contributed by atoms with Crippen molar-refractivity contribution in [2.75, 3.05) is 0 Å². The summed E-state index contributed by atoms with van der Waals surface area (Å²) in [7, 11) is 0. The van der Waals surface area contributed by atoms with E-state index in [9.17, 15) is 0 Å². The van der Waals surface area contributed by atoms with Crippen LogP contribution in [-0.2, 0) is 6.42 Å². The van der Waals surface area contributed by atoms with Crippen molar-refractivity contribution >= 4 is 0 Å². The van der Waals surface area contributed by atoms with Crippen molar-refractivity contribution in [1.29, 1.82) is 0 Å². The first-order chi connectivity index (χ1) is 9.76. The van der Waals surface area contributed by atoms with Crippen molar-refractivity contribution in [3.63, 3.8) is 0 Å². The maximum atomic E-state index is 6.25. The molecular weight excluding hydrogens is 246 g/mol. The van der Waals surface area contributed by atoms with Gasteiger partial charge in [-0.25, -0.2) is 0 Å². The number of hydrogen-bond donors (Lipinski definition) is 1. The van der Waals surface area contributed by atoms with Crippen LogP contribution < -0.4 is 10.5 Å². The van der Waals surface area contributed by atoms with Crippen LogP contribution in [0.1, 0.15) is 69.0 Å². The molecule has 110 valence electrons. The van der Waals surface area contributed by atoms with Gasteiger partial charge in [-0.05, 0) is 67.7 Å². The molecule has 2 aliphatic rings. The molecule has 1 aromatic carbocycles. The van der Waals surface area contributed by atoms with E-state index in [0.717, 1.165) is 24.5 Å². The van der Waals surface area contributed by atoms with Crippen molar-refractivity contribution in [3.8, 4) is 5.75 Å². The Bertz CT molecular complexity index is 457. The Morgan fingerprint density at radius 2 is 2.10 bits per heavy atom. The minimum Gasteiger partial charge on any atom is -0.490 e. The average molecular weight is 273 g/mol. The van der Waals surface area contributed by atoms with E-state index in [1.807, 2.05) is 0 Å². The van der Waals surface area contributed by atoms with Crippen LogP contribution in [-0.4, -0.2) is 6.10 Å². The fourth-order valence-corrected chi connectivity index (χ4v) is 3.81. The molecule has 3 atom stereocenters. The minimum absolute atomic E-state index is 0.229. The van der Waals surface area contributed by atoms with Crippen molar-refractivity contribution in [3.05, 3.63) is 29.3 Å². The molecule has 0 aliphatic heterocycles. The molecular formula is C18H27NO. The fourth-order valence-electron chi connectivity index (χ4n) is 3.81. The van der Waals surface area contributed by atoms with Gasteiger partial charge in [0.25, 0.3) is 0 Å². The summed E-state index contributed by atoms with van der Waals surface area (Å²) in [6, 6.07) is 6.78. The molecule has 0 radical (unpaired) electrons. The fraction of sp³-hybridized carbons (Fsp3) is 0.667. The smallest absolute Gasteiger partial charge is 0.120 e. The third kappa shape index (κ3) is 3.01. The molecule has 1 fully saturated rings. The van der Waals surface area contributed by atoms with Crippen LogP contribution in [0.15, 0.2) is 18.2 Å². The van der Waals surface area contributed by atoms with Gasteiger partial charge in [0.2, 0.25) is 0 Å². The van der Waals surface area contributed by atoms with Gasteiger partial charge in [0.1, 0.15) is 5.75 Å². The molecule has 2 nitrogen and oxygen atoms in total. The lowest BCUT2D eigenvalue weighted by Crippen LogP contribution is -2.25. The number of fused-ring (bicyclic) bond motifs is 1. The van der Waals surface area contributed by atoms with Crippen LogP contribution in [0.5, 0.6) is 5.75 Å². The minimum atomic E-state index is 0.229. The van der Waals surface area contributed by atoms with Crippen LogP contribution in [0.25, 0.3) is 0 Å². The van der Waals surface area contributed by atoms with E-state index in [1.54, 1.807) is 0 Å². The first kappa shape index (κ1) is 13.9. The van der Waals surface area contributed by atoms with Crippen LogP contribution in [0.2, 0.25) is 0 Å². The van der Waals surface area contributed by atoms with Crippen LogP contribution in [0, 0.1) is 5.92 Å². The third-order valence-corrected chi connectivity index (χ3v) is 5.09. The highest BCUT2D eigenvalue weighted by Gasteiger charge is 2.23. The molecule has 20 heavy (non-hydrogen) atoms. The van der Waals surface area contributed by atoms with E-state index < -0.39 is 0 Å². The molecule has 0 bridgehead atoms. The van der Waals surface area contributed by atoms with Gasteiger partial charge < -0.3 is 10.5 Å². The van der Waals surface area contributed by atoms with Gasteiger partial charge >= 0.3 is 0 Å². The summed E-state index contributed by atoms with van der Waals surface area (Å²) >= 11 is 0. The number of hydrogen-bond acceptors (Lipinski definition) is 2. The van der Waals surface area contributed by atoms with Crippen LogP contribution in [0.3, 0.4) is 0 Å². The number of nitrogens with two attached hydrogens (primary N) is 1. The van der Waals surface area contributed by atoms with Gasteiger partial charge in [0.05, 0.1) is 6.10 Å². The van der Waals surface area contributed by atoms with Crippen molar-refractivity contribution in [1.82, 2.24) is 0 Å². The molecule has 0 saturated heterocycles. The summed E-state index contributed by atoms with van der Waals surface area (Å²) < 4.78 is 6.25. The van der Waals surface area contributed by atoms with Gasteiger partial charge in [-0.2, -0.15) is 0 Å². The summed E-state index contributed by atoms with van der Waals surface area (Å²) in [5.41, 5.74) is 8.91. The van der Waals surface area contributed by atoms with E-state index in [4.69, 9.17) is 10.5 Å². The Hall–Kier alpha value is -1.02. The van der Waals surface area contributed by atoms with E-state index in [2.05, 4.69) is 25.1 Å². The Balaban J connectivity index is 1.68. The number of aryl methyl sites for hydroxylation is 1. The average Bonchev–Trinajstić information content (AvgIpc) is 2.47. The van der Waals surface area contributed by atoms with Crippen molar-refractivity contribution < 1.29 is 4.74 Å². The van der Waals surface area contributed by atoms with Gasteiger partial charge in [-0.15, -0.1) is 0 Å².